The molecular formula is C29H22F8P2. The summed E-state index contributed by atoms with van der Waals surface area (Å²) in [4.78, 5) is 0. The van der Waals surface area contributed by atoms with Crippen molar-refractivity contribution in [3.05, 3.63) is 119 Å². The van der Waals surface area contributed by atoms with Crippen LogP contribution < -0.4 is 21.2 Å². The predicted molar refractivity (Wildman–Crippen MR) is 141 cm³/mol. The second-order valence-electron chi connectivity index (χ2n) is 8.87. The van der Waals surface area contributed by atoms with Crippen molar-refractivity contribution in [3.8, 4) is 0 Å². The van der Waals surface area contributed by atoms with E-state index in [0.717, 1.165) is 72.8 Å². The zero-order valence-electron chi connectivity index (χ0n) is 20.4. The maximum Gasteiger partial charge on any atom is 0.126 e. The van der Waals surface area contributed by atoms with Gasteiger partial charge in [0.25, 0.3) is 0 Å². The molecule has 0 nitrogen and oxygen atoms in total. The quantitative estimate of drug-likeness (QED) is 0.103. The molecule has 4 aromatic carbocycles. The van der Waals surface area contributed by atoms with Crippen LogP contribution in [0.15, 0.2) is 72.8 Å². The van der Waals surface area contributed by atoms with Gasteiger partial charge in [-0.15, -0.1) is 0 Å². The molecule has 4 rings (SSSR count). The topological polar surface area (TPSA) is 0 Å². The minimum Gasteiger partial charge on any atom is -0.207 e. The van der Waals surface area contributed by atoms with Gasteiger partial charge >= 0.3 is 0 Å². The van der Waals surface area contributed by atoms with Crippen LogP contribution in [0.4, 0.5) is 35.1 Å². The molecule has 0 aliphatic rings. The zero-order chi connectivity index (χ0) is 28.1. The maximum absolute atomic E-state index is 13.9. The van der Waals surface area contributed by atoms with Crippen LogP contribution in [0.1, 0.15) is 19.3 Å². The fourth-order valence-corrected chi connectivity index (χ4v) is 9.25. The van der Waals surface area contributed by atoms with Crippen LogP contribution >= 0.6 is 15.8 Å². The Labute approximate surface area is 223 Å². The van der Waals surface area contributed by atoms with E-state index < -0.39 is 62.4 Å². The first-order valence-electron chi connectivity index (χ1n) is 12.0. The summed E-state index contributed by atoms with van der Waals surface area (Å²) in [6.07, 6.45) is 2.27. The molecular weight excluding hydrogens is 562 g/mol. The molecule has 0 saturated heterocycles. The van der Waals surface area contributed by atoms with E-state index in [1.54, 1.807) is 0 Å². The molecule has 0 amide bonds. The maximum atomic E-state index is 13.9. The highest BCUT2D eigenvalue weighted by Crippen LogP contribution is 2.38. The minimum absolute atomic E-state index is 0.292. The Hall–Kier alpha value is -2.82. The summed E-state index contributed by atoms with van der Waals surface area (Å²) in [5, 5.41) is 1.17. The summed E-state index contributed by atoms with van der Waals surface area (Å²) in [6.45, 7) is 0. The van der Waals surface area contributed by atoms with Gasteiger partial charge in [0.05, 0.1) is 0 Å². The van der Waals surface area contributed by atoms with Crippen molar-refractivity contribution in [1.82, 2.24) is 0 Å². The van der Waals surface area contributed by atoms with Gasteiger partial charge in [-0.3, -0.25) is 0 Å². The largest absolute Gasteiger partial charge is 0.207 e. The van der Waals surface area contributed by atoms with Gasteiger partial charge in [0.15, 0.2) is 0 Å². The second kappa shape index (κ2) is 13.0. The Bertz CT molecular complexity index is 1170. The average Bonchev–Trinajstić information content (AvgIpc) is 2.81. The Morgan fingerprint density at radius 2 is 0.513 bits per heavy atom. The highest BCUT2D eigenvalue weighted by Gasteiger charge is 2.20. The van der Waals surface area contributed by atoms with Crippen LogP contribution in [-0.2, 0) is 0 Å². The van der Waals surface area contributed by atoms with E-state index in [9.17, 15) is 35.1 Å². The third-order valence-electron chi connectivity index (χ3n) is 5.90. The van der Waals surface area contributed by atoms with Crippen molar-refractivity contribution >= 4 is 37.1 Å². The van der Waals surface area contributed by atoms with Crippen LogP contribution in [0.25, 0.3) is 0 Å². The van der Waals surface area contributed by atoms with Gasteiger partial charge in [0.2, 0.25) is 0 Å². The summed E-state index contributed by atoms with van der Waals surface area (Å²) in [5.41, 5.74) is 0. The van der Waals surface area contributed by atoms with Crippen LogP contribution in [0.5, 0.6) is 0 Å². The molecule has 0 aromatic heterocycles. The Balaban J connectivity index is 1.51. The van der Waals surface area contributed by atoms with Crippen molar-refractivity contribution in [2.24, 2.45) is 0 Å². The third-order valence-corrected chi connectivity index (χ3v) is 11.0. The number of unbranched alkanes of at least 4 members (excludes halogenated alkanes) is 2. The summed E-state index contributed by atoms with van der Waals surface area (Å²) in [5.74, 6) is -6.41. The van der Waals surface area contributed by atoms with Gasteiger partial charge in [0, 0.05) is 24.3 Å². The minimum atomic E-state index is -1.51. The van der Waals surface area contributed by atoms with Crippen LogP contribution in [0.3, 0.4) is 0 Å². The van der Waals surface area contributed by atoms with E-state index in [1.165, 1.54) is 0 Å². The van der Waals surface area contributed by atoms with E-state index in [1.807, 2.05) is 0 Å². The first-order chi connectivity index (χ1) is 18.6. The van der Waals surface area contributed by atoms with E-state index in [0.29, 0.717) is 52.8 Å². The number of hydrogen-bond acceptors (Lipinski definition) is 0. The molecule has 39 heavy (non-hydrogen) atoms. The smallest absolute Gasteiger partial charge is 0.126 e. The van der Waals surface area contributed by atoms with Gasteiger partial charge in [-0.05, 0) is 111 Å². The molecule has 0 aliphatic heterocycles. The van der Waals surface area contributed by atoms with Crippen LogP contribution in [0, 0.1) is 46.5 Å². The predicted octanol–water partition coefficient (Wildman–Crippen LogP) is 7.54. The summed E-state index contributed by atoms with van der Waals surface area (Å²) >= 11 is 0. The molecule has 0 fully saturated rings. The van der Waals surface area contributed by atoms with Gasteiger partial charge in [-0.25, -0.2) is 35.1 Å². The molecule has 0 aliphatic carbocycles. The van der Waals surface area contributed by atoms with Crippen LogP contribution in [0.2, 0.25) is 0 Å². The number of hydrogen-bond donors (Lipinski definition) is 0. The molecule has 0 atom stereocenters. The fourth-order valence-electron chi connectivity index (χ4n) is 4.31. The SMILES string of the molecule is Fc1cc(F)cc(P(CCCCCP(c2cc(F)cc(F)c2)c2cc(F)cc(F)c2)c2cc(F)cc(F)c2)c1. The fraction of sp³-hybridized carbons (Fsp3) is 0.172. The van der Waals surface area contributed by atoms with Crippen molar-refractivity contribution in [3.63, 3.8) is 0 Å². The zero-order valence-corrected chi connectivity index (χ0v) is 22.2. The molecule has 0 spiro atoms. The normalized spacial score (nSPS) is 11.5. The molecule has 10 heteroatoms. The number of benzene rings is 4. The van der Waals surface area contributed by atoms with Crippen molar-refractivity contribution in [1.29, 1.82) is 0 Å². The molecule has 0 N–H and O–H groups in total. The first kappa shape index (κ1) is 29.2. The summed E-state index contributed by atoms with van der Waals surface area (Å²) in [6, 6.07) is 12.0. The second-order valence-corrected chi connectivity index (χ2v) is 13.5. The Morgan fingerprint density at radius 1 is 0.308 bits per heavy atom. The van der Waals surface area contributed by atoms with Crippen molar-refractivity contribution in [2.45, 2.75) is 19.3 Å². The lowest BCUT2D eigenvalue weighted by molar-refractivity contribution is 0.584. The van der Waals surface area contributed by atoms with E-state index in [-0.39, 0.29) is 0 Å². The molecule has 0 heterocycles. The monoisotopic (exact) mass is 584 g/mol. The van der Waals surface area contributed by atoms with Crippen LogP contribution in [-0.4, -0.2) is 12.3 Å². The van der Waals surface area contributed by atoms with E-state index >= 15 is 0 Å². The first-order valence-corrected chi connectivity index (χ1v) is 15.0. The molecule has 4 aromatic rings. The molecule has 0 unspecified atom stereocenters. The molecule has 0 saturated carbocycles. The third kappa shape index (κ3) is 8.09. The van der Waals surface area contributed by atoms with Crippen molar-refractivity contribution in [2.75, 3.05) is 12.3 Å². The summed E-state index contributed by atoms with van der Waals surface area (Å²) in [7, 11) is -3.01. The van der Waals surface area contributed by atoms with Crippen molar-refractivity contribution < 1.29 is 35.1 Å². The van der Waals surface area contributed by atoms with Gasteiger partial charge < -0.3 is 0 Å². The lowest BCUT2D eigenvalue weighted by Gasteiger charge is -2.21. The Kier molecular flexibility index (Phi) is 9.74. The molecule has 0 bridgehead atoms. The van der Waals surface area contributed by atoms with Gasteiger partial charge in [-0.2, -0.15) is 0 Å². The highest BCUT2D eigenvalue weighted by molar-refractivity contribution is 7.73. The number of rotatable bonds is 10. The van der Waals surface area contributed by atoms with Gasteiger partial charge in [0.1, 0.15) is 46.5 Å². The average molecular weight is 584 g/mol. The van der Waals surface area contributed by atoms with E-state index in [2.05, 4.69) is 0 Å². The standard InChI is InChI=1S/C29H22F8P2/c30-18-6-19(31)11-26(10-18)38(27-12-20(32)7-21(33)13-27)4-2-1-3-5-39(28-14-22(34)8-23(35)15-28)29-16-24(36)9-25(37)17-29/h6-17H,1-5H2. The lowest BCUT2D eigenvalue weighted by Crippen LogP contribution is -2.17. The highest BCUT2D eigenvalue weighted by atomic mass is 31.1. The van der Waals surface area contributed by atoms with Gasteiger partial charge in [-0.1, -0.05) is 6.42 Å². The Morgan fingerprint density at radius 3 is 0.718 bits per heavy atom. The molecule has 0 radical (unpaired) electrons. The molecule has 204 valence electrons. The summed E-state index contributed by atoms with van der Waals surface area (Å²) < 4.78 is 112. The van der Waals surface area contributed by atoms with E-state index in [4.69, 9.17) is 0 Å². The lowest BCUT2D eigenvalue weighted by atomic mass is 10.3. The number of halogens is 8.